The fourth-order valence-electron chi connectivity index (χ4n) is 5.16. The molecule has 0 fully saturated rings. The summed E-state index contributed by atoms with van der Waals surface area (Å²) in [5, 5.41) is 8.61. The highest BCUT2D eigenvalue weighted by molar-refractivity contribution is 5.85. The van der Waals surface area contributed by atoms with E-state index >= 15 is 0 Å². The van der Waals surface area contributed by atoms with Crippen LogP contribution in [0.15, 0.2) is 97.1 Å². The highest BCUT2D eigenvalue weighted by Gasteiger charge is 2.12. The fraction of sp³-hybridized carbons (Fsp3) is 0.250. The Morgan fingerprint density at radius 1 is 0.854 bits per heavy atom. The molecule has 5 nitrogen and oxygen atoms in total. The van der Waals surface area contributed by atoms with Crippen LogP contribution in [0.2, 0.25) is 0 Å². The largest absolute Gasteiger partial charge is 0.489 e. The summed E-state index contributed by atoms with van der Waals surface area (Å²) in [4.78, 5) is 11.2. The van der Waals surface area contributed by atoms with Crippen LogP contribution in [-0.2, 0) is 24.6 Å². The van der Waals surface area contributed by atoms with Crippen LogP contribution in [0.25, 0.3) is 16.3 Å². The Kier molecular flexibility index (Phi) is 9.50. The molecule has 1 aliphatic rings. The molecule has 2 N–H and O–H groups in total. The first-order valence-corrected chi connectivity index (χ1v) is 14.3. The fourth-order valence-corrected chi connectivity index (χ4v) is 5.16. The lowest BCUT2D eigenvalue weighted by molar-refractivity contribution is -0.118. The molecule has 0 saturated carbocycles. The van der Waals surface area contributed by atoms with E-state index in [9.17, 15) is 4.79 Å². The summed E-state index contributed by atoms with van der Waals surface area (Å²) >= 11 is 0. The highest BCUT2D eigenvalue weighted by Crippen LogP contribution is 2.30. The van der Waals surface area contributed by atoms with Gasteiger partial charge in [0, 0.05) is 41.0 Å². The molecule has 0 aliphatic heterocycles. The lowest BCUT2D eigenvalue weighted by atomic mass is 9.93. The van der Waals surface area contributed by atoms with E-state index in [0.717, 1.165) is 35.5 Å². The summed E-state index contributed by atoms with van der Waals surface area (Å²) in [5.41, 5.74) is 7.14. The van der Waals surface area contributed by atoms with E-state index in [1.165, 1.54) is 40.0 Å². The average Bonchev–Trinajstić information content (AvgIpc) is 3.00. The van der Waals surface area contributed by atoms with Crippen LogP contribution >= 0.6 is 0 Å². The van der Waals surface area contributed by atoms with Gasteiger partial charge in [0.05, 0.1) is 0 Å². The number of ether oxygens (including phenoxy) is 2. The summed E-state index contributed by atoms with van der Waals surface area (Å²) in [6.07, 6.45) is 8.97. The predicted molar refractivity (Wildman–Crippen MR) is 171 cm³/mol. The minimum absolute atomic E-state index is 0. The second-order valence-corrected chi connectivity index (χ2v) is 10.4. The zero-order valence-electron chi connectivity index (χ0n) is 23.9. The Balaban J connectivity index is 0.00000253. The molecule has 0 aromatic heterocycles. The van der Waals surface area contributed by atoms with Gasteiger partial charge in [0.15, 0.2) is 0 Å². The molecule has 0 heterocycles. The molecule has 0 unspecified atom stereocenters. The Morgan fingerprint density at radius 2 is 1.66 bits per heavy atom. The second-order valence-electron chi connectivity index (χ2n) is 10.4. The first-order valence-electron chi connectivity index (χ1n) is 14.3. The third kappa shape index (κ3) is 7.44. The SMILES string of the molecule is CC(=O)NCCNCc1ccc(OCc2cccc(C3=CCCC=C3)c2C)cc1OCc1cccc2ccccc12.[HH].[HH]. The second kappa shape index (κ2) is 13.8. The van der Waals surface area contributed by atoms with Crippen molar-refractivity contribution in [2.24, 2.45) is 0 Å². The van der Waals surface area contributed by atoms with Gasteiger partial charge < -0.3 is 20.1 Å². The number of carbonyl (C=O) groups is 1. The van der Waals surface area contributed by atoms with Crippen molar-refractivity contribution in [3.63, 3.8) is 0 Å². The van der Waals surface area contributed by atoms with E-state index in [1.807, 2.05) is 12.1 Å². The van der Waals surface area contributed by atoms with Crippen molar-refractivity contribution in [2.45, 2.75) is 46.4 Å². The van der Waals surface area contributed by atoms with Crippen molar-refractivity contribution >= 4 is 22.3 Å². The van der Waals surface area contributed by atoms with Gasteiger partial charge in [0.25, 0.3) is 0 Å². The lowest BCUT2D eigenvalue weighted by Gasteiger charge is -2.17. The molecule has 4 aromatic carbocycles. The van der Waals surface area contributed by atoms with Crippen LogP contribution < -0.4 is 20.1 Å². The predicted octanol–water partition coefficient (Wildman–Crippen LogP) is 7.76. The molecule has 1 aliphatic carbocycles. The van der Waals surface area contributed by atoms with Gasteiger partial charge in [-0.25, -0.2) is 0 Å². The normalized spacial score (nSPS) is 12.7. The molecule has 5 heteroatoms. The van der Waals surface area contributed by atoms with Gasteiger partial charge in [-0.05, 0) is 64.4 Å². The topological polar surface area (TPSA) is 59.6 Å². The zero-order chi connectivity index (χ0) is 28.4. The third-order valence-electron chi connectivity index (χ3n) is 7.44. The van der Waals surface area contributed by atoms with Crippen LogP contribution in [0, 0.1) is 6.92 Å². The van der Waals surface area contributed by atoms with Crippen molar-refractivity contribution in [1.82, 2.24) is 10.6 Å². The number of fused-ring (bicyclic) bond motifs is 1. The number of nitrogens with one attached hydrogen (secondary N) is 2. The molecule has 0 atom stereocenters. The molecule has 41 heavy (non-hydrogen) atoms. The molecular formula is C36H42N2O3. The quantitative estimate of drug-likeness (QED) is 0.177. The Hall–Kier alpha value is -4.35. The van der Waals surface area contributed by atoms with E-state index in [0.29, 0.717) is 32.8 Å². The zero-order valence-corrected chi connectivity index (χ0v) is 23.9. The molecule has 5 rings (SSSR count). The third-order valence-corrected chi connectivity index (χ3v) is 7.44. The maximum atomic E-state index is 11.2. The number of rotatable bonds is 12. The summed E-state index contributed by atoms with van der Waals surface area (Å²) < 4.78 is 12.8. The van der Waals surface area contributed by atoms with E-state index < -0.39 is 0 Å². The molecule has 0 radical (unpaired) electrons. The molecule has 1 amide bonds. The summed E-state index contributed by atoms with van der Waals surface area (Å²) in [5.74, 6) is 1.52. The molecular weight excluding hydrogens is 508 g/mol. The van der Waals surface area contributed by atoms with E-state index in [1.54, 1.807) is 0 Å². The molecule has 214 valence electrons. The number of amides is 1. The van der Waals surface area contributed by atoms with Crippen LogP contribution in [0.3, 0.4) is 0 Å². The molecule has 4 aromatic rings. The monoisotopic (exact) mass is 550 g/mol. The van der Waals surface area contributed by atoms with Crippen LogP contribution in [0.4, 0.5) is 0 Å². The lowest BCUT2D eigenvalue weighted by Crippen LogP contribution is -2.30. The van der Waals surface area contributed by atoms with E-state index in [2.05, 4.69) is 103 Å². The van der Waals surface area contributed by atoms with Crippen molar-refractivity contribution in [1.29, 1.82) is 0 Å². The molecule has 0 saturated heterocycles. The summed E-state index contributed by atoms with van der Waals surface area (Å²) in [6.45, 7) is 6.50. The number of hydrogen-bond acceptors (Lipinski definition) is 4. The molecule has 0 spiro atoms. The number of allylic oxidation sites excluding steroid dienone is 4. The Labute approximate surface area is 245 Å². The maximum Gasteiger partial charge on any atom is 0.216 e. The minimum atomic E-state index is -0.0277. The summed E-state index contributed by atoms with van der Waals surface area (Å²) in [6, 6.07) is 27.1. The minimum Gasteiger partial charge on any atom is -0.489 e. The van der Waals surface area contributed by atoms with E-state index in [4.69, 9.17) is 9.47 Å². The van der Waals surface area contributed by atoms with Gasteiger partial charge in [0.2, 0.25) is 5.91 Å². The van der Waals surface area contributed by atoms with Crippen LogP contribution in [0.1, 0.15) is 50.4 Å². The van der Waals surface area contributed by atoms with Crippen molar-refractivity contribution in [3.05, 3.63) is 125 Å². The van der Waals surface area contributed by atoms with Crippen molar-refractivity contribution in [3.8, 4) is 11.5 Å². The first kappa shape index (κ1) is 28.2. The van der Waals surface area contributed by atoms with E-state index in [-0.39, 0.29) is 8.76 Å². The number of benzene rings is 4. The Bertz CT molecular complexity index is 1580. The van der Waals surface area contributed by atoms with Gasteiger partial charge in [-0.15, -0.1) is 0 Å². The van der Waals surface area contributed by atoms with Gasteiger partial charge in [-0.2, -0.15) is 0 Å². The van der Waals surface area contributed by atoms with Gasteiger partial charge in [0.1, 0.15) is 24.7 Å². The number of carbonyl (C=O) groups excluding carboxylic acids is 1. The van der Waals surface area contributed by atoms with Crippen LogP contribution in [0.5, 0.6) is 11.5 Å². The van der Waals surface area contributed by atoms with Crippen molar-refractivity contribution < 1.29 is 17.1 Å². The van der Waals surface area contributed by atoms with Crippen LogP contribution in [-0.4, -0.2) is 19.0 Å². The highest BCUT2D eigenvalue weighted by atomic mass is 16.5. The Morgan fingerprint density at radius 3 is 2.51 bits per heavy atom. The van der Waals surface area contributed by atoms with Gasteiger partial charge in [-0.3, -0.25) is 4.79 Å². The standard InChI is InChI=1S/C36H38N2O3.2H2/c1-26-31(14-9-17-34(26)28-10-4-3-5-11-28)24-40-33-19-18-30(23-37-20-21-38-27(2)39)36(22-33)41-25-32-15-8-13-29-12-6-7-16-35(29)32;;/h4,6-19,22,37H,3,5,20-21,23-25H2,1-2H3,(H,38,39);2*1H. The van der Waals surface area contributed by atoms with Gasteiger partial charge >= 0.3 is 0 Å². The maximum absolute atomic E-state index is 11.2. The molecule has 0 bridgehead atoms. The van der Waals surface area contributed by atoms with Crippen molar-refractivity contribution in [2.75, 3.05) is 13.1 Å². The smallest absolute Gasteiger partial charge is 0.216 e. The first-order chi connectivity index (χ1) is 20.1. The van der Waals surface area contributed by atoms with Gasteiger partial charge in [-0.1, -0.05) is 85.0 Å². The number of hydrogen-bond donors (Lipinski definition) is 2. The summed E-state index contributed by atoms with van der Waals surface area (Å²) in [7, 11) is 0. The average molecular weight is 551 g/mol.